The second kappa shape index (κ2) is 5.58. The third-order valence-electron chi connectivity index (χ3n) is 4.50. The lowest BCUT2D eigenvalue weighted by Crippen LogP contribution is -2.56. The number of likely N-dealkylation sites (N-methyl/N-ethyl adjacent to an activating group) is 1. The van der Waals surface area contributed by atoms with Gasteiger partial charge in [-0.3, -0.25) is 4.90 Å². The van der Waals surface area contributed by atoms with Crippen molar-refractivity contribution >= 4 is 0 Å². The number of hydrogen-bond donors (Lipinski definition) is 2. The van der Waals surface area contributed by atoms with Crippen molar-refractivity contribution in [2.75, 3.05) is 20.2 Å². The predicted molar refractivity (Wildman–Crippen MR) is 66.9 cm³/mol. The molecule has 2 atom stereocenters. The molecule has 2 aliphatic carbocycles. The van der Waals surface area contributed by atoms with E-state index in [-0.39, 0.29) is 18.7 Å². The van der Waals surface area contributed by atoms with Crippen LogP contribution in [-0.4, -0.2) is 54.0 Å². The summed E-state index contributed by atoms with van der Waals surface area (Å²) in [5.74, 6) is 0. The number of hydrogen-bond acceptors (Lipinski definition) is 3. The molecule has 112 valence electrons. The van der Waals surface area contributed by atoms with Crippen LogP contribution in [-0.2, 0) is 0 Å². The fraction of sp³-hybridized carbons (Fsp3) is 1.00. The molecule has 2 rings (SSSR count). The second-order valence-corrected chi connectivity index (χ2v) is 5.96. The summed E-state index contributed by atoms with van der Waals surface area (Å²) in [4.78, 5) is 1.63. The minimum atomic E-state index is -4.14. The highest BCUT2D eigenvalue weighted by atomic mass is 19.4. The first-order chi connectivity index (χ1) is 8.89. The molecule has 0 aromatic carbocycles. The molecule has 0 radical (unpaired) electrons. The van der Waals surface area contributed by atoms with E-state index in [0.717, 1.165) is 32.1 Å². The van der Waals surface area contributed by atoms with Gasteiger partial charge in [0.05, 0.1) is 13.2 Å². The average molecular weight is 280 g/mol. The van der Waals surface area contributed by atoms with Crippen LogP contribution in [0.25, 0.3) is 0 Å². The van der Waals surface area contributed by atoms with E-state index in [0.29, 0.717) is 6.42 Å². The highest BCUT2D eigenvalue weighted by Crippen LogP contribution is 2.38. The highest BCUT2D eigenvalue weighted by Gasteiger charge is 2.45. The number of aliphatic hydroxyl groups is 1. The van der Waals surface area contributed by atoms with E-state index in [1.165, 1.54) is 0 Å². The number of halogens is 3. The van der Waals surface area contributed by atoms with Crippen molar-refractivity contribution in [2.45, 2.75) is 62.3 Å². The van der Waals surface area contributed by atoms with Crippen LogP contribution < -0.4 is 5.32 Å². The molecule has 2 N–H and O–H groups in total. The maximum atomic E-state index is 12.7. The number of alkyl halides is 3. The molecular weight excluding hydrogens is 257 g/mol. The zero-order chi connectivity index (χ0) is 14.1. The van der Waals surface area contributed by atoms with Crippen LogP contribution in [0.2, 0.25) is 0 Å². The Hall–Kier alpha value is -0.330. The van der Waals surface area contributed by atoms with E-state index in [9.17, 15) is 18.3 Å². The first-order valence-electron chi connectivity index (χ1n) is 7.01. The van der Waals surface area contributed by atoms with Crippen LogP contribution in [0.4, 0.5) is 13.2 Å². The topological polar surface area (TPSA) is 35.5 Å². The summed E-state index contributed by atoms with van der Waals surface area (Å²) in [6.45, 7) is -0.821. The molecule has 0 heterocycles. The van der Waals surface area contributed by atoms with Crippen LogP contribution in [0.15, 0.2) is 0 Å². The Balaban J connectivity index is 2.04. The highest BCUT2D eigenvalue weighted by molar-refractivity contribution is 4.99. The Kier molecular flexibility index (Phi) is 4.42. The van der Waals surface area contributed by atoms with Gasteiger partial charge in [-0.2, -0.15) is 13.2 Å². The number of aliphatic hydroxyl groups excluding tert-OH is 1. The number of nitrogens with one attached hydrogen (secondary N) is 1. The van der Waals surface area contributed by atoms with Crippen LogP contribution in [0.1, 0.15) is 38.5 Å². The predicted octanol–water partition coefficient (Wildman–Crippen LogP) is 1.91. The molecule has 0 aromatic rings. The monoisotopic (exact) mass is 280 g/mol. The summed E-state index contributed by atoms with van der Waals surface area (Å²) in [6, 6.07) is 0.0282. The molecule has 0 amide bonds. The molecule has 0 aliphatic heterocycles. The van der Waals surface area contributed by atoms with E-state index in [1.807, 2.05) is 0 Å². The summed E-state index contributed by atoms with van der Waals surface area (Å²) >= 11 is 0. The fourth-order valence-electron chi connectivity index (χ4n) is 3.23. The third-order valence-corrected chi connectivity index (χ3v) is 4.50. The standard InChI is InChI=1S/C13H23F3N2O/c1-17-12(9-19)6-2-3-11(7-12)18(10-4-5-10)8-13(14,15)16/h10-11,17,19H,2-9H2,1H3. The van der Waals surface area contributed by atoms with Gasteiger partial charge in [0.1, 0.15) is 0 Å². The Morgan fingerprint density at radius 3 is 2.42 bits per heavy atom. The summed E-state index contributed by atoms with van der Waals surface area (Å²) in [6.07, 6.45) is 0.717. The van der Waals surface area contributed by atoms with Crippen molar-refractivity contribution in [3.8, 4) is 0 Å². The molecule has 0 saturated heterocycles. The third kappa shape index (κ3) is 3.83. The lowest BCUT2D eigenvalue weighted by atomic mass is 9.79. The molecule has 2 unspecified atom stereocenters. The van der Waals surface area contributed by atoms with E-state index in [4.69, 9.17) is 0 Å². The van der Waals surface area contributed by atoms with Gasteiger partial charge >= 0.3 is 6.18 Å². The van der Waals surface area contributed by atoms with Gasteiger partial charge in [0.25, 0.3) is 0 Å². The molecule has 0 aromatic heterocycles. The molecule has 3 nitrogen and oxygen atoms in total. The summed E-state index contributed by atoms with van der Waals surface area (Å²) in [7, 11) is 1.78. The SMILES string of the molecule is CNC1(CO)CCCC(N(CC(F)(F)F)C2CC2)C1. The Bertz CT molecular complexity index is 301. The molecule has 0 bridgehead atoms. The lowest BCUT2D eigenvalue weighted by molar-refractivity contribution is -0.155. The van der Waals surface area contributed by atoms with Gasteiger partial charge in [-0.05, 0) is 45.6 Å². The number of rotatable bonds is 5. The molecule has 2 saturated carbocycles. The maximum absolute atomic E-state index is 12.7. The van der Waals surface area contributed by atoms with Gasteiger partial charge < -0.3 is 10.4 Å². The van der Waals surface area contributed by atoms with Gasteiger partial charge in [0.2, 0.25) is 0 Å². The Labute approximate surface area is 112 Å². The van der Waals surface area contributed by atoms with Crippen molar-refractivity contribution in [3.05, 3.63) is 0 Å². The van der Waals surface area contributed by atoms with Crippen molar-refractivity contribution in [2.24, 2.45) is 0 Å². The quantitative estimate of drug-likeness (QED) is 0.807. The molecule has 0 spiro atoms. The first kappa shape index (κ1) is 15.1. The zero-order valence-corrected chi connectivity index (χ0v) is 11.3. The van der Waals surface area contributed by atoms with E-state index in [2.05, 4.69) is 5.32 Å². The van der Waals surface area contributed by atoms with Crippen LogP contribution in [0.3, 0.4) is 0 Å². The van der Waals surface area contributed by atoms with E-state index in [1.54, 1.807) is 11.9 Å². The lowest BCUT2D eigenvalue weighted by Gasteiger charge is -2.44. The minimum Gasteiger partial charge on any atom is -0.394 e. The fourth-order valence-corrected chi connectivity index (χ4v) is 3.23. The molecule has 2 aliphatic rings. The van der Waals surface area contributed by atoms with Crippen LogP contribution in [0, 0.1) is 0 Å². The van der Waals surface area contributed by atoms with Gasteiger partial charge in [-0.15, -0.1) is 0 Å². The van der Waals surface area contributed by atoms with Gasteiger partial charge in [0, 0.05) is 17.6 Å². The summed E-state index contributed by atoms with van der Waals surface area (Å²) in [5, 5.41) is 12.6. The summed E-state index contributed by atoms with van der Waals surface area (Å²) in [5.41, 5.74) is -0.401. The van der Waals surface area contributed by atoms with Gasteiger partial charge in [-0.25, -0.2) is 0 Å². The maximum Gasteiger partial charge on any atom is 0.401 e. The normalized spacial score (nSPS) is 32.8. The Morgan fingerprint density at radius 2 is 1.95 bits per heavy atom. The minimum absolute atomic E-state index is 0.00940. The molecule has 6 heteroatoms. The van der Waals surface area contributed by atoms with Gasteiger partial charge in [0.15, 0.2) is 0 Å². The first-order valence-corrected chi connectivity index (χ1v) is 7.01. The van der Waals surface area contributed by atoms with Gasteiger partial charge in [-0.1, -0.05) is 0 Å². The average Bonchev–Trinajstić information content (AvgIpc) is 3.19. The van der Waals surface area contributed by atoms with Crippen molar-refractivity contribution < 1.29 is 18.3 Å². The van der Waals surface area contributed by atoms with Crippen LogP contribution in [0.5, 0.6) is 0 Å². The zero-order valence-electron chi connectivity index (χ0n) is 11.3. The van der Waals surface area contributed by atoms with Crippen molar-refractivity contribution in [1.82, 2.24) is 10.2 Å². The van der Waals surface area contributed by atoms with E-state index < -0.39 is 18.3 Å². The number of nitrogens with zero attached hydrogens (tertiary/aromatic N) is 1. The molecule has 2 fully saturated rings. The molecular formula is C13H23F3N2O. The van der Waals surface area contributed by atoms with Crippen LogP contribution >= 0.6 is 0 Å². The smallest absolute Gasteiger partial charge is 0.394 e. The van der Waals surface area contributed by atoms with Crippen molar-refractivity contribution in [1.29, 1.82) is 0 Å². The van der Waals surface area contributed by atoms with E-state index >= 15 is 0 Å². The second-order valence-electron chi connectivity index (χ2n) is 5.96. The van der Waals surface area contributed by atoms with Crippen molar-refractivity contribution in [3.63, 3.8) is 0 Å². The molecule has 19 heavy (non-hydrogen) atoms. The Morgan fingerprint density at radius 1 is 1.26 bits per heavy atom. The summed E-state index contributed by atoms with van der Waals surface area (Å²) < 4.78 is 38.1. The largest absolute Gasteiger partial charge is 0.401 e.